The molecule has 42 heavy (non-hydrogen) atoms. The molecule has 6 aromatic rings. The number of nitrogens with zero attached hydrogens (tertiary/aromatic N) is 6. The summed E-state index contributed by atoms with van der Waals surface area (Å²) in [5.41, 5.74) is 0.853. The van der Waals surface area contributed by atoms with Gasteiger partial charge in [0.15, 0.2) is 0 Å². The molecule has 0 saturated carbocycles. The van der Waals surface area contributed by atoms with Gasteiger partial charge in [0.25, 0.3) is 22.2 Å². The average Bonchev–Trinajstić information content (AvgIpc) is 3.73. The van der Waals surface area contributed by atoms with Gasteiger partial charge in [0, 0.05) is 25.9 Å². The molecule has 0 aliphatic rings. The van der Waals surface area contributed by atoms with Crippen LogP contribution in [0.25, 0.3) is 21.5 Å². The van der Waals surface area contributed by atoms with Gasteiger partial charge in [0.2, 0.25) is 12.7 Å². The third-order valence-electron chi connectivity index (χ3n) is 8.02. The van der Waals surface area contributed by atoms with Crippen molar-refractivity contribution in [2.75, 3.05) is 0 Å². The Morgan fingerprint density at radius 2 is 1.10 bits per heavy atom. The van der Waals surface area contributed by atoms with Crippen LogP contribution >= 0.6 is 0 Å². The minimum Gasteiger partial charge on any atom is -0.274 e. The number of fused-ring (bicyclic) bond motifs is 2. The summed E-state index contributed by atoms with van der Waals surface area (Å²) < 4.78 is 10.5. The van der Waals surface area contributed by atoms with Gasteiger partial charge >= 0.3 is 0 Å². The second kappa shape index (κ2) is 11.2. The summed E-state index contributed by atoms with van der Waals surface area (Å²) in [6.45, 7) is 4.71. The van der Waals surface area contributed by atoms with Crippen LogP contribution in [0.3, 0.4) is 0 Å². The first-order chi connectivity index (χ1) is 20.3. The molecule has 0 spiro atoms. The molecule has 4 aromatic heterocycles. The molecule has 0 fully saturated rings. The normalized spacial score (nSPS) is 11.8. The fraction of sp³-hybridized carbons (Fsp3) is 0.312. The predicted octanol–water partition coefficient (Wildman–Crippen LogP) is 1.42. The molecule has 0 unspecified atom stereocenters. The van der Waals surface area contributed by atoms with Gasteiger partial charge in [-0.25, -0.2) is 18.3 Å². The summed E-state index contributed by atoms with van der Waals surface area (Å²) in [5.74, 6) is 0. The van der Waals surface area contributed by atoms with Crippen molar-refractivity contribution in [3.8, 4) is 0 Å². The molecular weight excluding hydrogens is 532 g/mol. The predicted molar refractivity (Wildman–Crippen MR) is 159 cm³/mol. The van der Waals surface area contributed by atoms with E-state index >= 15 is 0 Å². The van der Waals surface area contributed by atoms with Gasteiger partial charge < -0.3 is 0 Å². The highest BCUT2D eigenvalue weighted by atomic mass is 16.2. The van der Waals surface area contributed by atoms with Crippen LogP contribution in [0.15, 0.2) is 93.0 Å². The Bertz CT molecular complexity index is 2020. The fourth-order valence-electron chi connectivity index (χ4n) is 5.69. The molecular formula is C32H34N6O4+2. The minimum atomic E-state index is -0.421. The first-order valence-electron chi connectivity index (χ1n) is 14.4. The second-order valence-corrected chi connectivity index (χ2v) is 11.0. The molecule has 4 heterocycles. The summed E-state index contributed by atoms with van der Waals surface area (Å²) in [4.78, 5) is 52.5. The second-order valence-electron chi connectivity index (χ2n) is 11.0. The Morgan fingerprint density at radius 1 is 0.619 bits per heavy atom. The van der Waals surface area contributed by atoms with E-state index in [2.05, 4.69) is 35.8 Å². The number of hydrogen-bond acceptors (Lipinski definition) is 4. The Hall–Kier alpha value is -4.86. The van der Waals surface area contributed by atoms with E-state index in [1.54, 1.807) is 0 Å². The van der Waals surface area contributed by atoms with E-state index in [1.165, 1.54) is 32.4 Å². The number of aromatic nitrogens is 6. The van der Waals surface area contributed by atoms with E-state index in [9.17, 15) is 19.2 Å². The molecule has 0 amide bonds. The van der Waals surface area contributed by atoms with E-state index in [0.29, 0.717) is 25.9 Å². The summed E-state index contributed by atoms with van der Waals surface area (Å²) in [5, 5.41) is 0.759. The summed E-state index contributed by atoms with van der Waals surface area (Å²) in [6, 6.07) is 11.4. The quantitative estimate of drug-likeness (QED) is 0.222. The largest absolute Gasteiger partial charge is 0.274 e. The number of hydrogen-bond donors (Lipinski definition) is 0. The molecule has 0 N–H and O–H groups in total. The van der Waals surface area contributed by atoms with E-state index < -0.39 is 22.2 Å². The standard InChI is InChI=1S/C32H34N6O4/c1-3-23-6-8-24(9-7-23)20-36-17-16-35(22-36)11-5-13-38-31(41)27-18-25-26(19-28(27)32(38)42)30(40)37(29(25)39)12-4-10-34-15-14-33(2)21-34/h6-9,14-19,21-22H,3-5,10-13,20H2,1-2H3/q+2. The van der Waals surface area contributed by atoms with Crippen molar-refractivity contribution in [1.82, 2.24) is 18.3 Å². The van der Waals surface area contributed by atoms with Crippen molar-refractivity contribution in [2.24, 2.45) is 7.05 Å². The first-order valence-corrected chi connectivity index (χ1v) is 14.4. The van der Waals surface area contributed by atoms with Gasteiger partial charge in [-0.15, -0.1) is 0 Å². The van der Waals surface area contributed by atoms with Gasteiger partial charge in [0.05, 0.1) is 41.7 Å². The highest BCUT2D eigenvalue weighted by molar-refractivity contribution is 5.97. The highest BCUT2D eigenvalue weighted by Crippen LogP contribution is 2.15. The topological polar surface area (TPSA) is 95.8 Å². The average molecular weight is 567 g/mol. The van der Waals surface area contributed by atoms with Gasteiger partial charge in [-0.3, -0.25) is 28.3 Å². The lowest BCUT2D eigenvalue weighted by molar-refractivity contribution is -0.687. The zero-order valence-corrected chi connectivity index (χ0v) is 23.9. The lowest BCUT2D eigenvalue weighted by Gasteiger charge is -2.01. The lowest BCUT2D eigenvalue weighted by Crippen LogP contribution is -2.31. The molecule has 0 aliphatic heterocycles. The smallest absolute Gasteiger partial charge is 0.261 e. The third kappa shape index (κ3) is 5.15. The number of rotatable bonds is 11. The van der Waals surface area contributed by atoms with Gasteiger partial charge in [-0.2, -0.15) is 0 Å². The van der Waals surface area contributed by atoms with Crippen molar-refractivity contribution in [3.63, 3.8) is 0 Å². The molecule has 0 atom stereocenters. The zero-order valence-electron chi connectivity index (χ0n) is 23.9. The maximum absolute atomic E-state index is 13.2. The van der Waals surface area contributed by atoms with Crippen molar-refractivity contribution < 1.29 is 9.13 Å². The van der Waals surface area contributed by atoms with Crippen LogP contribution in [0, 0.1) is 0 Å². The minimum absolute atomic E-state index is 0.189. The monoisotopic (exact) mass is 566 g/mol. The number of benzene rings is 2. The molecule has 0 saturated heterocycles. The van der Waals surface area contributed by atoms with Crippen LogP contribution < -0.4 is 31.4 Å². The van der Waals surface area contributed by atoms with Crippen molar-refractivity contribution >= 4 is 21.5 Å². The molecule has 214 valence electrons. The number of imidazole rings is 2. The molecule has 10 nitrogen and oxygen atoms in total. The molecule has 2 aromatic carbocycles. The van der Waals surface area contributed by atoms with Crippen LogP contribution in [0.2, 0.25) is 0 Å². The van der Waals surface area contributed by atoms with Crippen LogP contribution in [0.1, 0.15) is 30.9 Å². The maximum atomic E-state index is 13.2. The molecule has 10 heteroatoms. The Balaban J connectivity index is 1.15. The van der Waals surface area contributed by atoms with E-state index in [4.69, 9.17) is 0 Å². The van der Waals surface area contributed by atoms with Crippen LogP contribution in [0.5, 0.6) is 0 Å². The Kier molecular flexibility index (Phi) is 7.28. The van der Waals surface area contributed by atoms with E-state index in [0.717, 1.165) is 13.0 Å². The molecule has 0 aliphatic carbocycles. The number of aryl methyl sites for hydroxylation is 4. The Labute approximate surface area is 241 Å². The zero-order chi connectivity index (χ0) is 29.4. The lowest BCUT2D eigenvalue weighted by atomic mass is 10.1. The van der Waals surface area contributed by atoms with Crippen molar-refractivity contribution in [3.05, 3.63) is 126 Å². The maximum Gasteiger partial charge on any atom is 0.261 e. The molecule has 0 radical (unpaired) electrons. The summed E-state index contributed by atoms with van der Waals surface area (Å²) >= 11 is 0. The van der Waals surface area contributed by atoms with Gasteiger partial charge in [-0.1, -0.05) is 31.2 Å². The highest BCUT2D eigenvalue weighted by Gasteiger charge is 2.19. The fourth-order valence-corrected chi connectivity index (χ4v) is 5.69. The molecule has 6 rings (SSSR count). The summed E-state index contributed by atoms with van der Waals surface area (Å²) in [7, 11) is 1.93. The SMILES string of the molecule is CCc1ccc(C[n+]2ccn(CCCn3c(=O)c4cc5c(=O)n(CCCn6cc[n+](C)c6)c(=O)c5cc4c3=O)c2)cc1. The van der Waals surface area contributed by atoms with Gasteiger partial charge in [0.1, 0.15) is 31.3 Å². The first kappa shape index (κ1) is 27.3. The van der Waals surface area contributed by atoms with Crippen molar-refractivity contribution in [2.45, 2.75) is 58.9 Å². The summed E-state index contributed by atoms with van der Waals surface area (Å²) in [6.07, 6.45) is 14.0. The van der Waals surface area contributed by atoms with Gasteiger partial charge in [-0.05, 0) is 29.7 Å². The van der Waals surface area contributed by atoms with Crippen LogP contribution in [-0.2, 0) is 46.2 Å². The Morgan fingerprint density at radius 3 is 1.57 bits per heavy atom. The third-order valence-corrected chi connectivity index (χ3v) is 8.02. The van der Waals surface area contributed by atoms with E-state index in [1.807, 2.05) is 58.2 Å². The van der Waals surface area contributed by atoms with Crippen LogP contribution in [0.4, 0.5) is 0 Å². The van der Waals surface area contributed by atoms with E-state index in [-0.39, 0.29) is 34.6 Å². The van der Waals surface area contributed by atoms with Crippen LogP contribution in [-0.4, -0.2) is 18.3 Å². The van der Waals surface area contributed by atoms with Crippen molar-refractivity contribution in [1.29, 1.82) is 0 Å². The molecule has 0 bridgehead atoms.